The van der Waals surface area contributed by atoms with Crippen LogP contribution in [0.1, 0.15) is 33.1 Å². The lowest BCUT2D eigenvalue weighted by Gasteiger charge is -2.22. The first kappa shape index (κ1) is 17.4. The molecule has 5 nitrogen and oxygen atoms in total. The molecule has 2 N–H and O–H groups in total. The van der Waals surface area contributed by atoms with Gasteiger partial charge in [-0.15, -0.1) is 0 Å². The Morgan fingerprint density at radius 1 is 1.20 bits per heavy atom. The predicted molar refractivity (Wildman–Crippen MR) is 79.4 cm³/mol. The van der Waals surface area contributed by atoms with Crippen molar-refractivity contribution in [2.24, 2.45) is 17.6 Å². The van der Waals surface area contributed by atoms with E-state index in [1.54, 1.807) is 14.2 Å². The number of ether oxygens (including phenoxy) is 2. The van der Waals surface area contributed by atoms with E-state index in [0.29, 0.717) is 37.9 Å². The van der Waals surface area contributed by atoms with Gasteiger partial charge < -0.3 is 20.1 Å². The van der Waals surface area contributed by atoms with Gasteiger partial charge in [-0.25, -0.2) is 0 Å². The Bertz CT molecular complexity index is 285. The van der Waals surface area contributed by atoms with Crippen molar-refractivity contribution in [1.29, 1.82) is 0 Å². The van der Waals surface area contributed by atoms with E-state index in [2.05, 4.69) is 13.8 Å². The van der Waals surface area contributed by atoms with Gasteiger partial charge in [-0.05, 0) is 31.2 Å². The van der Waals surface area contributed by atoms with E-state index >= 15 is 0 Å². The maximum Gasteiger partial charge on any atom is 0.222 e. The zero-order valence-corrected chi connectivity index (χ0v) is 13.3. The Morgan fingerprint density at radius 3 is 2.15 bits per heavy atom. The van der Waals surface area contributed by atoms with Crippen molar-refractivity contribution >= 4 is 5.91 Å². The molecular weight excluding hydrogens is 256 g/mol. The Balaban J connectivity index is 2.43. The van der Waals surface area contributed by atoms with Gasteiger partial charge in [-0.1, -0.05) is 13.8 Å². The Labute approximate surface area is 122 Å². The minimum Gasteiger partial charge on any atom is -0.377 e. The summed E-state index contributed by atoms with van der Waals surface area (Å²) in [5.41, 5.74) is 5.64. The molecule has 0 aliphatic carbocycles. The van der Waals surface area contributed by atoms with Gasteiger partial charge in [0.25, 0.3) is 0 Å². The minimum atomic E-state index is -0.00566. The molecule has 1 fully saturated rings. The lowest BCUT2D eigenvalue weighted by Crippen LogP contribution is -2.30. The van der Waals surface area contributed by atoms with Gasteiger partial charge in [-0.3, -0.25) is 4.79 Å². The van der Waals surface area contributed by atoms with E-state index in [1.165, 1.54) is 0 Å². The quantitative estimate of drug-likeness (QED) is 0.729. The van der Waals surface area contributed by atoms with E-state index in [-0.39, 0.29) is 18.1 Å². The first-order chi connectivity index (χ1) is 9.53. The fraction of sp³-hybridized carbons (Fsp3) is 0.933. The minimum absolute atomic E-state index is 0.00566. The van der Waals surface area contributed by atoms with Crippen LogP contribution in [0.5, 0.6) is 0 Å². The van der Waals surface area contributed by atoms with Gasteiger partial charge in [0.05, 0.1) is 0 Å². The van der Waals surface area contributed by atoms with Crippen molar-refractivity contribution in [3.05, 3.63) is 0 Å². The summed E-state index contributed by atoms with van der Waals surface area (Å²) in [6.07, 6.45) is 2.49. The topological polar surface area (TPSA) is 64.8 Å². The summed E-state index contributed by atoms with van der Waals surface area (Å²) < 4.78 is 10.7. The number of carbonyl (C=O) groups excluding carboxylic acids is 1. The van der Waals surface area contributed by atoms with E-state index in [1.807, 2.05) is 4.90 Å². The molecule has 0 bridgehead atoms. The van der Waals surface area contributed by atoms with Crippen molar-refractivity contribution in [3.8, 4) is 0 Å². The monoisotopic (exact) mass is 286 g/mol. The third-order valence-corrected chi connectivity index (χ3v) is 4.38. The molecule has 0 spiro atoms. The summed E-state index contributed by atoms with van der Waals surface area (Å²) in [5.74, 6) is 1.31. The SMILES string of the molecule is COC1CN(C(=O)CCC(CCN)C(C)C)CC1OC. The highest BCUT2D eigenvalue weighted by Crippen LogP contribution is 2.22. The number of nitrogens with two attached hydrogens (primary N) is 1. The van der Waals surface area contributed by atoms with Crippen molar-refractivity contribution < 1.29 is 14.3 Å². The van der Waals surface area contributed by atoms with Gasteiger partial charge in [0.2, 0.25) is 5.91 Å². The average molecular weight is 286 g/mol. The number of carbonyl (C=O) groups is 1. The van der Waals surface area contributed by atoms with E-state index < -0.39 is 0 Å². The highest BCUT2D eigenvalue weighted by atomic mass is 16.5. The molecule has 1 heterocycles. The molecule has 5 heteroatoms. The van der Waals surface area contributed by atoms with Gasteiger partial charge in [0, 0.05) is 33.7 Å². The fourth-order valence-electron chi connectivity index (χ4n) is 2.89. The van der Waals surface area contributed by atoms with Gasteiger partial charge in [0.15, 0.2) is 0 Å². The second-order valence-corrected chi connectivity index (χ2v) is 5.97. The van der Waals surface area contributed by atoms with Crippen LogP contribution < -0.4 is 5.73 Å². The highest BCUT2D eigenvalue weighted by molar-refractivity contribution is 5.76. The van der Waals surface area contributed by atoms with Crippen LogP contribution in [0.3, 0.4) is 0 Å². The van der Waals surface area contributed by atoms with Crippen LogP contribution in [0.4, 0.5) is 0 Å². The molecule has 118 valence electrons. The van der Waals surface area contributed by atoms with Crippen LogP contribution in [-0.2, 0) is 14.3 Å². The van der Waals surface area contributed by atoms with Gasteiger partial charge >= 0.3 is 0 Å². The van der Waals surface area contributed by atoms with Crippen molar-refractivity contribution in [2.75, 3.05) is 33.9 Å². The lowest BCUT2D eigenvalue weighted by molar-refractivity contribution is -0.131. The molecule has 0 radical (unpaired) electrons. The molecule has 3 unspecified atom stereocenters. The van der Waals surface area contributed by atoms with Crippen LogP contribution >= 0.6 is 0 Å². The largest absolute Gasteiger partial charge is 0.377 e. The van der Waals surface area contributed by atoms with E-state index in [4.69, 9.17) is 15.2 Å². The predicted octanol–water partition coefficient (Wildman–Crippen LogP) is 1.26. The molecule has 1 aliphatic rings. The Morgan fingerprint density at radius 2 is 1.75 bits per heavy atom. The lowest BCUT2D eigenvalue weighted by atomic mass is 9.88. The highest BCUT2D eigenvalue weighted by Gasteiger charge is 2.35. The van der Waals surface area contributed by atoms with Crippen molar-refractivity contribution in [2.45, 2.75) is 45.3 Å². The van der Waals surface area contributed by atoms with Gasteiger partial charge in [-0.2, -0.15) is 0 Å². The standard InChI is InChI=1S/C15H30N2O3/c1-11(2)12(7-8-16)5-6-15(18)17-9-13(19-3)14(10-17)20-4/h11-14H,5-10,16H2,1-4H3. The van der Waals surface area contributed by atoms with Crippen LogP contribution in [-0.4, -0.2) is 56.9 Å². The van der Waals surface area contributed by atoms with Crippen molar-refractivity contribution in [1.82, 2.24) is 4.90 Å². The average Bonchev–Trinajstić information content (AvgIpc) is 2.86. The Kier molecular flexibility index (Phi) is 7.48. The Hall–Kier alpha value is -0.650. The summed E-state index contributed by atoms with van der Waals surface area (Å²) >= 11 is 0. The molecule has 0 aromatic carbocycles. The molecule has 1 amide bonds. The fourth-order valence-corrected chi connectivity index (χ4v) is 2.89. The first-order valence-electron chi connectivity index (χ1n) is 7.56. The molecule has 1 rings (SSSR count). The van der Waals surface area contributed by atoms with Crippen LogP contribution in [0, 0.1) is 11.8 Å². The zero-order chi connectivity index (χ0) is 15.1. The molecule has 3 atom stereocenters. The molecular formula is C15H30N2O3. The van der Waals surface area contributed by atoms with Gasteiger partial charge in [0.1, 0.15) is 12.2 Å². The summed E-state index contributed by atoms with van der Waals surface area (Å²) in [4.78, 5) is 14.1. The normalized spacial score (nSPS) is 24.4. The van der Waals surface area contributed by atoms with E-state index in [0.717, 1.165) is 12.8 Å². The number of amides is 1. The summed E-state index contributed by atoms with van der Waals surface area (Å²) in [6, 6.07) is 0. The molecule has 1 saturated heterocycles. The maximum atomic E-state index is 12.3. The maximum absolute atomic E-state index is 12.3. The summed E-state index contributed by atoms with van der Waals surface area (Å²) in [6.45, 7) is 6.36. The van der Waals surface area contributed by atoms with Crippen LogP contribution in [0.25, 0.3) is 0 Å². The number of hydrogen-bond donors (Lipinski definition) is 1. The second-order valence-electron chi connectivity index (χ2n) is 5.97. The van der Waals surface area contributed by atoms with Crippen LogP contribution in [0.2, 0.25) is 0 Å². The van der Waals surface area contributed by atoms with E-state index in [9.17, 15) is 4.79 Å². The summed E-state index contributed by atoms with van der Waals surface area (Å²) in [7, 11) is 3.33. The zero-order valence-electron chi connectivity index (χ0n) is 13.3. The smallest absolute Gasteiger partial charge is 0.222 e. The molecule has 0 aromatic heterocycles. The molecule has 0 saturated carbocycles. The summed E-state index contributed by atoms with van der Waals surface area (Å²) in [5, 5.41) is 0. The number of nitrogens with zero attached hydrogens (tertiary/aromatic N) is 1. The molecule has 0 aromatic rings. The number of methoxy groups -OCH3 is 2. The second kappa shape index (κ2) is 8.60. The van der Waals surface area contributed by atoms with Crippen LogP contribution in [0.15, 0.2) is 0 Å². The number of rotatable bonds is 8. The first-order valence-corrected chi connectivity index (χ1v) is 7.56. The van der Waals surface area contributed by atoms with Crippen molar-refractivity contribution in [3.63, 3.8) is 0 Å². The number of likely N-dealkylation sites (tertiary alicyclic amines) is 1. The third kappa shape index (κ3) is 4.72. The third-order valence-electron chi connectivity index (χ3n) is 4.38. The molecule has 1 aliphatic heterocycles. The number of hydrogen-bond acceptors (Lipinski definition) is 4. The molecule has 20 heavy (non-hydrogen) atoms.